The molecule has 0 spiro atoms. The van der Waals surface area contributed by atoms with E-state index in [9.17, 15) is 9.59 Å². The highest BCUT2D eigenvalue weighted by Crippen LogP contribution is 2.35. The van der Waals surface area contributed by atoms with Gasteiger partial charge in [-0.25, -0.2) is 4.79 Å². The summed E-state index contributed by atoms with van der Waals surface area (Å²) in [5.41, 5.74) is -0.803. The van der Waals surface area contributed by atoms with Gasteiger partial charge in [-0.1, -0.05) is 20.3 Å². The van der Waals surface area contributed by atoms with Crippen LogP contribution in [0.25, 0.3) is 0 Å². The molecule has 0 aromatic rings. The minimum absolute atomic E-state index is 0. The highest BCUT2D eigenvalue weighted by molar-refractivity contribution is 5.89. The first kappa shape index (κ1) is 19.2. The van der Waals surface area contributed by atoms with Crippen molar-refractivity contribution in [3.63, 3.8) is 0 Å². The van der Waals surface area contributed by atoms with E-state index in [0.717, 1.165) is 32.4 Å². The van der Waals surface area contributed by atoms with Crippen molar-refractivity contribution in [2.75, 3.05) is 20.2 Å². The molecule has 0 aromatic heterocycles. The number of nitrogens with one attached hydrogen (secondary N) is 2. The van der Waals surface area contributed by atoms with Gasteiger partial charge in [-0.2, -0.15) is 0 Å². The molecule has 2 aliphatic rings. The highest BCUT2D eigenvalue weighted by atomic mass is 35.5. The zero-order valence-electron chi connectivity index (χ0n) is 13.8. The number of methoxy groups -OCH3 is 1. The predicted octanol–water partition coefficient (Wildman–Crippen LogP) is 1.89. The molecule has 1 unspecified atom stereocenters. The second-order valence-electron chi connectivity index (χ2n) is 6.62. The van der Waals surface area contributed by atoms with Crippen LogP contribution in [-0.2, 0) is 14.3 Å². The molecular formula is C16H29ClN2O3. The molecule has 128 valence electrons. The molecular weight excluding hydrogens is 304 g/mol. The number of ether oxygens (including phenoxy) is 1. The number of amides is 1. The molecule has 0 bridgehead atoms. The quantitative estimate of drug-likeness (QED) is 0.754. The lowest BCUT2D eigenvalue weighted by Gasteiger charge is -2.40. The molecule has 1 amide bonds. The fourth-order valence-electron chi connectivity index (χ4n) is 3.38. The summed E-state index contributed by atoms with van der Waals surface area (Å²) in [6.45, 7) is 5.90. The molecule has 2 rings (SSSR count). The molecule has 1 heterocycles. The Labute approximate surface area is 139 Å². The third kappa shape index (κ3) is 3.93. The summed E-state index contributed by atoms with van der Waals surface area (Å²) in [5, 5.41) is 6.22. The van der Waals surface area contributed by atoms with E-state index in [0.29, 0.717) is 24.7 Å². The number of hydrogen-bond donors (Lipinski definition) is 2. The van der Waals surface area contributed by atoms with Gasteiger partial charge in [0.05, 0.1) is 7.11 Å². The number of halogens is 1. The number of hydrogen-bond acceptors (Lipinski definition) is 4. The number of carbonyl (C=O) groups is 2. The average molecular weight is 333 g/mol. The van der Waals surface area contributed by atoms with Crippen LogP contribution in [0.2, 0.25) is 0 Å². The Bertz CT molecular complexity index is 391. The molecule has 0 aromatic carbocycles. The van der Waals surface area contributed by atoms with Gasteiger partial charge in [0, 0.05) is 5.92 Å². The van der Waals surface area contributed by atoms with Crippen molar-refractivity contribution in [1.29, 1.82) is 0 Å². The summed E-state index contributed by atoms with van der Waals surface area (Å²) in [6, 6.07) is 0. The Kier molecular flexibility index (Phi) is 7.13. The van der Waals surface area contributed by atoms with E-state index >= 15 is 0 Å². The first-order valence-corrected chi connectivity index (χ1v) is 8.13. The van der Waals surface area contributed by atoms with Crippen LogP contribution in [0.4, 0.5) is 0 Å². The molecule has 1 saturated carbocycles. The fourth-order valence-corrected chi connectivity index (χ4v) is 3.38. The van der Waals surface area contributed by atoms with Crippen LogP contribution in [-0.4, -0.2) is 37.6 Å². The number of esters is 1. The summed E-state index contributed by atoms with van der Waals surface area (Å²) < 4.78 is 4.98. The molecule has 2 fully saturated rings. The van der Waals surface area contributed by atoms with Gasteiger partial charge in [0.15, 0.2) is 0 Å². The van der Waals surface area contributed by atoms with Gasteiger partial charge in [0.1, 0.15) is 5.54 Å². The lowest BCUT2D eigenvalue weighted by atomic mass is 9.75. The smallest absolute Gasteiger partial charge is 0.331 e. The van der Waals surface area contributed by atoms with Crippen LogP contribution in [0.15, 0.2) is 0 Å². The Morgan fingerprint density at radius 2 is 1.91 bits per heavy atom. The Hall–Kier alpha value is -0.810. The standard InChI is InChI=1S/C16H28N2O3.ClH/c1-4-12-5-7-16(8-6-12,15(20)21-3)18-14(19)11(2)13-9-17-10-13;/h11-13,17H,4-10H2,1-3H3,(H,18,19);1H. The lowest BCUT2D eigenvalue weighted by Crippen LogP contribution is -2.60. The van der Waals surface area contributed by atoms with Crippen molar-refractivity contribution in [2.24, 2.45) is 17.8 Å². The maximum Gasteiger partial charge on any atom is 0.331 e. The SMILES string of the molecule is CCC1CCC(NC(=O)C(C)C2CNC2)(C(=O)OC)CC1.Cl. The van der Waals surface area contributed by atoms with Crippen molar-refractivity contribution in [3.8, 4) is 0 Å². The topological polar surface area (TPSA) is 67.4 Å². The van der Waals surface area contributed by atoms with E-state index in [1.54, 1.807) is 0 Å². The van der Waals surface area contributed by atoms with Crippen molar-refractivity contribution in [3.05, 3.63) is 0 Å². The molecule has 1 aliphatic heterocycles. The van der Waals surface area contributed by atoms with Gasteiger partial charge in [0.2, 0.25) is 5.91 Å². The zero-order valence-corrected chi connectivity index (χ0v) is 14.6. The third-order valence-corrected chi connectivity index (χ3v) is 5.41. The average Bonchev–Trinajstić information content (AvgIpc) is 2.45. The van der Waals surface area contributed by atoms with Gasteiger partial charge < -0.3 is 15.4 Å². The molecule has 22 heavy (non-hydrogen) atoms. The van der Waals surface area contributed by atoms with Gasteiger partial charge >= 0.3 is 5.97 Å². The molecule has 5 nitrogen and oxygen atoms in total. The molecule has 1 atom stereocenters. The van der Waals surface area contributed by atoms with E-state index in [1.165, 1.54) is 7.11 Å². The van der Waals surface area contributed by atoms with E-state index in [4.69, 9.17) is 4.74 Å². The van der Waals surface area contributed by atoms with E-state index in [1.807, 2.05) is 6.92 Å². The zero-order chi connectivity index (χ0) is 15.5. The summed E-state index contributed by atoms with van der Waals surface area (Å²) in [6.07, 6.45) is 4.48. The molecule has 2 N–H and O–H groups in total. The van der Waals surface area contributed by atoms with E-state index in [-0.39, 0.29) is 30.2 Å². The van der Waals surface area contributed by atoms with Crippen molar-refractivity contribution >= 4 is 24.3 Å². The first-order chi connectivity index (χ1) is 10.0. The number of carbonyl (C=O) groups excluding carboxylic acids is 2. The van der Waals surface area contributed by atoms with Crippen molar-refractivity contribution < 1.29 is 14.3 Å². The van der Waals surface area contributed by atoms with Gasteiger partial charge in [-0.3, -0.25) is 4.79 Å². The van der Waals surface area contributed by atoms with Gasteiger partial charge in [0.25, 0.3) is 0 Å². The summed E-state index contributed by atoms with van der Waals surface area (Å²) in [7, 11) is 1.40. The Morgan fingerprint density at radius 3 is 2.32 bits per heavy atom. The fraction of sp³-hybridized carbons (Fsp3) is 0.875. The Balaban J connectivity index is 0.00000242. The van der Waals surface area contributed by atoms with Crippen LogP contribution < -0.4 is 10.6 Å². The summed E-state index contributed by atoms with van der Waals surface area (Å²) >= 11 is 0. The molecule has 6 heteroatoms. The second kappa shape index (κ2) is 8.16. The maximum absolute atomic E-state index is 12.5. The lowest BCUT2D eigenvalue weighted by molar-refractivity contribution is -0.154. The largest absolute Gasteiger partial charge is 0.467 e. The maximum atomic E-state index is 12.5. The van der Waals surface area contributed by atoms with Crippen LogP contribution in [0, 0.1) is 17.8 Å². The highest BCUT2D eigenvalue weighted by Gasteiger charge is 2.45. The normalized spacial score (nSPS) is 29.7. The Morgan fingerprint density at radius 1 is 1.32 bits per heavy atom. The van der Waals surface area contributed by atoms with Crippen molar-refractivity contribution in [1.82, 2.24) is 10.6 Å². The monoisotopic (exact) mass is 332 g/mol. The third-order valence-electron chi connectivity index (χ3n) is 5.41. The van der Waals surface area contributed by atoms with Crippen LogP contribution >= 0.6 is 12.4 Å². The summed E-state index contributed by atoms with van der Waals surface area (Å²) in [5.74, 6) is 0.683. The minimum atomic E-state index is -0.803. The van der Waals surface area contributed by atoms with E-state index in [2.05, 4.69) is 17.6 Å². The van der Waals surface area contributed by atoms with E-state index < -0.39 is 5.54 Å². The number of rotatable bonds is 5. The second-order valence-corrected chi connectivity index (χ2v) is 6.62. The molecule has 1 aliphatic carbocycles. The van der Waals surface area contributed by atoms with Crippen molar-refractivity contribution in [2.45, 2.75) is 51.5 Å². The molecule has 0 radical (unpaired) electrons. The first-order valence-electron chi connectivity index (χ1n) is 8.13. The van der Waals surface area contributed by atoms with Gasteiger partial charge in [-0.15, -0.1) is 12.4 Å². The van der Waals surface area contributed by atoms with Gasteiger partial charge in [-0.05, 0) is 50.6 Å². The predicted molar refractivity (Wildman–Crippen MR) is 87.9 cm³/mol. The van der Waals surface area contributed by atoms with Crippen LogP contribution in [0.1, 0.15) is 46.0 Å². The van der Waals surface area contributed by atoms with Crippen LogP contribution in [0.5, 0.6) is 0 Å². The molecule has 1 saturated heterocycles. The minimum Gasteiger partial charge on any atom is -0.467 e. The summed E-state index contributed by atoms with van der Waals surface area (Å²) in [4.78, 5) is 24.7. The van der Waals surface area contributed by atoms with Crippen LogP contribution in [0.3, 0.4) is 0 Å².